The van der Waals surface area contributed by atoms with E-state index in [1.807, 2.05) is 30.0 Å². The number of carbonyl (C=O) groups is 1. The van der Waals surface area contributed by atoms with E-state index in [1.54, 1.807) is 7.11 Å². The van der Waals surface area contributed by atoms with Crippen molar-refractivity contribution in [2.24, 2.45) is 11.7 Å². The summed E-state index contributed by atoms with van der Waals surface area (Å²) in [5.74, 6) is 1.32. The Morgan fingerprint density at radius 1 is 1.25 bits per heavy atom. The van der Waals surface area contributed by atoms with Gasteiger partial charge in [0.05, 0.1) is 6.10 Å². The number of nitrogens with two attached hydrogens (primary N) is 1. The fourth-order valence-electron chi connectivity index (χ4n) is 3.77. The summed E-state index contributed by atoms with van der Waals surface area (Å²) < 4.78 is 5.44. The highest BCUT2D eigenvalue weighted by molar-refractivity contribution is 5.79. The third-order valence-corrected chi connectivity index (χ3v) is 5.28. The lowest BCUT2D eigenvalue weighted by atomic mass is 9.83. The molecule has 6 nitrogen and oxygen atoms in total. The van der Waals surface area contributed by atoms with Crippen LogP contribution in [-0.4, -0.2) is 61.2 Å². The normalized spacial score (nSPS) is 28.0. The molecule has 1 saturated heterocycles. The van der Waals surface area contributed by atoms with Crippen molar-refractivity contribution in [3.05, 3.63) is 23.9 Å². The molecule has 1 aromatic rings. The maximum atomic E-state index is 12.8. The van der Waals surface area contributed by atoms with Gasteiger partial charge < -0.3 is 20.3 Å². The number of carbonyl (C=O) groups excluding carboxylic acids is 1. The first-order chi connectivity index (χ1) is 11.6. The highest BCUT2D eigenvalue weighted by Gasteiger charge is 2.35. The van der Waals surface area contributed by atoms with E-state index >= 15 is 0 Å². The van der Waals surface area contributed by atoms with E-state index in [2.05, 4.69) is 9.88 Å². The average Bonchev–Trinajstić information content (AvgIpc) is 2.62. The van der Waals surface area contributed by atoms with Crippen LogP contribution in [0.2, 0.25) is 0 Å². The molecule has 0 radical (unpaired) electrons. The van der Waals surface area contributed by atoms with Gasteiger partial charge in [-0.25, -0.2) is 4.98 Å². The van der Waals surface area contributed by atoms with Gasteiger partial charge in [-0.1, -0.05) is 6.07 Å². The Balaban J connectivity index is 1.55. The van der Waals surface area contributed by atoms with Crippen molar-refractivity contribution in [3.8, 4) is 0 Å². The Kier molecular flexibility index (Phi) is 5.36. The molecule has 6 heteroatoms. The average molecular weight is 332 g/mol. The molecule has 1 aliphatic carbocycles. The SMILES string of the molecule is CO[C@@H]1C[C@@H](C(=O)N2CCN(c3cccc(C)n3)CC2)CC[C@H]1N. The molecule has 0 bridgehead atoms. The van der Waals surface area contributed by atoms with Crippen LogP contribution in [0.3, 0.4) is 0 Å². The van der Waals surface area contributed by atoms with E-state index in [4.69, 9.17) is 10.5 Å². The number of amides is 1. The van der Waals surface area contributed by atoms with Gasteiger partial charge in [0, 0.05) is 50.9 Å². The Morgan fingerprint density at radius 3 is 2.67 bits per heavy atom. The minimum Gasteiger partial charge on any atom is -0.380 e. The van der Waals surface area contributed by atoms with E-state index in [0.717, 1.165) is 57.0 Å². The lowest BCUT2D eigenvalue weighted by Gasteiger charge is -2.39. The summed E-state index contributed by atoms with van der Waals surface area (Å²) in [7, 11) is 1.69. The molecule has 1 saturated carbocycles. The molecular weight excluding hydrogens is 304 g/mol. The molecule has 132 valence electrons. The van der Waals surface area contributed by atoms with Crippen molar-refractivity contribution in [2.45, 2.75) is 38.3 Å². The summed E-state index contributed by atoms with van der Waals surface area (Å²) >= 11 is 0. The van der Waals surface area contributed by atoms with Crippen molar-refractivity contribution >= 4 is 11.7 Å². The van der Waals surface area contributed by atoms with Gasteiger partial charge in [0.2, 0.25) is 5.91 Å². The number of pyridine rings is 1. The number of rotatable bonds is 3. The van der Waals surface area contributed by atoms with Crippen molar-refractivity contribution in [2.75, 3.05) is 38.2 Å². The van der Waals surface area contributed by atoms with E-state index in [9.17, 15) is 4.79 Å². The molecule has 0 unspecified atom stereocenters. The number of piperazine rings is 1. The predicted octanol–water partition coefficient (Wildman–Crippen LogP) is 1.18. The maximum absolute atomic E-state index is 12.8. The number of hydrogen-bond donors (Lipinski definition) is 1. The molecule has 1 amide bonds. The number of nitrogens with zero attached hydrogens (tertiary/aromatic N) is 3. The van der Waals surface area contributed by atoms with Crippen LogP contribution in [-0.2, 0) is 9.53 Å². The predicted molar refractivity (Wildman–Crippen MR) is 93.9 cm³/mol. The summed E-state index contributed by atoms with van der Waals surface area (Å²) in [6, 6.07) is 6.13. The van der Waals surface area contributed by atoms with Gasteiger partial charge in [0.25, 0.3) is 0 Å². The summed E-state index contributed by atoms with van der Waals surface area (Å²) in [5, 5.41) is 0. The fraction of sp³-hybridized carbons (Fsp3) is 0.667. The van der Waals surface area contributed by atoms with E-state index < -0.39 is 0 Å². The van der Waals surface area contributed by atoms with Gasteiger partial charge in [-0.3, -0.25) is 4.79 Å². The summed E-state index contributed by atoms with van der Waals surface area (Å²) in [6.45, 7) is 5.19. The van der Waals surface area contributed by atoms with Crippen molar-refractivity contribution < 1.29 is 9.53 Å². The first-order valence-corrected chi connectivity index (χ1v) is 8.84. The maximum Gasteiger partial charge on any atom is 0.225 e. The number of ether oxygens (including phenoxy) is 1. The van der Waals surface area contributed by atoms with Crippen LogP contribution < -0.4 is 10.6 Å². The summed E-state index contributed by atoms with van der Waals surface area (Å²) in [5.41, 5.74) is 7.08. The van der Waals surface area contributed by atoms with Gasteiger partial charge in [0.15, 0.2) is 0 Å². The lowest BCUT2D eigenvalue weighted by molar-refractivity contribution is -0.138. The molecule has 2 fully saturated rings. The van der Waals surface area contributed by atoms with E-state index in [1.165, 1.54) is 0 Å². The molecule has 3 rings (SSSR count). The van der Waals surface area contributed by atoms with Crippen LogP contribution in [0.25, 0.3) is 0 Å². The Morgan fingerprint density at radius 2 is 2.00 bits per heavy atom. The molecule has 2 aliphatic rings. The van der Waals surface area contributed by atoms with E-state index in [-0.39, 0.29) is 24.0 Å². The zero-order chi connectivity index (χ0) is 17.1. The van der Waals surface area contributed by atoms with Crippen LogP contribution in [0.5, 0.6) is 0 Å². The molecule has 2 N–H and O–H groups in total. The highest BCUT2D eigenvalue weighted by Crippen LogP contribution is 2.27. The third kappa shape index (κ3) is 3.70. The van der Waals surface area contributed by atoms with Crippen LogP contribution in [0.15, 0.2) is 18.2 Å². The monoisotopic (exact) mass is 332 g/mol. The molecule has 0 aromatic carbocycles. The second-order valence-electron chi connectivity index (χ2n) is 6.90. The first-order valence-electron chi connectivity index (χ1n) is 8.84. The highest BCUT2D eigenvalue weighted by atomic mass is 16.5. The minimum absolute atomic E-state index is 0.00508. The van der Waals surface area contributed by atoms with E-state index in [0.29, 0.717) is 0 Å². The van der Waals surface area contributed by atoms with Gasteiger partial charge in [0.1, 0.15) is 5.82 Å². The Bertz CT molecular complexity index is 572. The number of aromatic nitrogens is 1. The molecule has 1 aromatic heterocycles. The van der Waals surface area contributed by atoms with Crippen molar-refractivity contribution in [1.29, 1.82) is 0 Å². The smallest absolute Gasteiger partial charge is 0.225 e. The second kappa shape index (κ2) is 7.49. The number of aryl methyl sites for hydroxylation is 1. The zero-order valence-corrected chi connectivity index (χ0v) is 14.6. The van der Waals surface area contributed by atoms with Crippen molar-refractivity contribution in [3.63, 3.8) is 0 Å². The van der Waals surface area contributed by atoms with Gasteiger partial charge in [-0.2, -0.15) is 0 Å². The number of methoxy groups -OCH3 is 1. The third-order valence-electron chi connectivity index (χ3n) is 5.28. The van der Waals surface area contributed by atoms with Crippen LogP contribution in [0.4, 0.5) is 5.82 Å². The minimum atomic E-state index is 0.00508. The van der Waals surface area contributed by atoms with Crippen LogP contribution in [0, 0.1) is 12.8 Å². The topological polar surface area (TPSA) is 71.7 Å². The quantitative estimate of drug-likeness (QED) is 0.900. The second-order valence-corrected chi connectivity index (χ2v) is 6.90. The van der Waals surface area contributed by atoms with Gasteiger partial charge >= 0.3 is 0 Å². The summed E-state index contributed by atoms with van der Waals surface area (Å²) in [6.07, 6.45) is 2.49. The molecule has 3 atom stereocenters. The fourth-order valence-corrected chi connectivity index (χ4v) is 3.77. The number of hydrogen-bond acceptors (Lipinski definition) is 5. The molecule has 24 heavy (non-hydrogen) atoms. The Hall–Kier alpha value is -1.66. The molecular formula is C18H28N4O2. The molecule has 1 aliphatic heterocycles. The zero-order valence-electron chi connectivity index (χ0n) is 14.6. The Labute approximate surface area is 144 Å². The molecule has 0 spiro atoms. The summed E-state index contributed by atoms with van der Waals surface area (Å²) in [4.78, 5) is 21.6. The largest absolute Gasteiger partial charge is 0.380 e. The lowest BCUT2D eigenvalue weighted by Crippen LogP contribution is -2.52. The van der Waals surface area contributed by atoms with Gasteiger partial charge in [-0.15, -0.1) is 0 Å². The van der Waals surface area contributed by atoms with Crippen molar-refractivity contribution in [1.82, 2.24) is 9.88 Å². The standard InChI is InChI=1S/C18H28N4O2/c1-13-4-3-5-17(20-13)21-8-10-22(11-9-21)18(23)14-6-7-15(19)16(12-14)24-2/h3-5,14-16H,6-12,19H2,1-2H3/t14-,15+,16+/m0/s1. The molecule has 2 heterocycles. The van der Waals surface area contributed by atoms with Crippen LogP contribution >= 0.6 is 0 Å². The number of anilines is 1. The van der Waals surface area contributed by atoms with Crippen LogP contribution in [0.1, 0.15) is 25.0 Å². The first kappa shape index (κ1) is 17.2. The van der Waals surface area contributed by atoms with Gasteiger partial charge in [-0.05, 0) is 38.3 Å².